The van der Waals surface area contributed by atoms with Gasteiger partial charge in [-0.2, -0.15) is 0 Å². The molecule has 0 aromatic heterocycles. The van der Waals surface area contributed by atoms with E-state index in [2.05, 4.69) is 139 Å². The SMILES string of the molecule is C#C.C=C1/C=C\C=C/CO/C2=C/CN(c3ccc(C4=CC(c5ccccc5)N=C(c5ccccc5)N4)cc3)c3ccccc3C/C=C/12. The van der Waals surface area contributed by atoms with Gasteiger partial charge >= 0.3 is 0 Å². The molecule has 3 aliphatic rings. The van der Waals surface area contributed by atoms with Crippen molar-refractivity contribution in [3.8, 4) is 12.8 Å². The van der Waals surface area contributed by atoms with E-state index in [9.17, 15) is 0 Å². The first kappa shape index (κ1) is 31.0. The fourth-order valence-electron chi connectivity index (χ4n) is 5.93. The smallest absolute Gasteiger partial charge is 0.133 e. The highest BCUT2D eigenvalue weighted by Gasteiger charge is 2.21. The van der Waals surface area contributed by atoms with Crippen LogP contribution in [0.25, 0.3) is 5.70 Å². The van der Waals surface area contributed by atoms with Gasteiger partial charge < -0.3 is 15.0 Å². The molecule has 0 saturated carbocycles. The number of terminal acetylenes is 1. The molecular formula is C43H37N3O. The molecule has 4 aromatic carbocycles. The van der Waals surface area contributed by atoms with Crippen molar-refractivity contribution >= 4 is 22.9 Å². The third-order valence-corrected chi connectivity index (χ3v) is 8.28. The summed E-state index contributed by atoms with van der Waals surface area (Å²) in [5, 5.41) is 3.62. The van der Waals surface area contributed by atoms with Crippen LogP contribution < -0.4 is 10.2 Å². The van der Waals surface area contributed by atoms with Gasteiger partial charge in [-0.25, -0.2) is 0 Å². The van der Waals surface area contributed by atoms with E-state index in [1.807, 2.05) is 42.5 Å². The Labute approximate surface area is 278 Å². The Balaban J connectivity index is 0.00000190. The lowest BCUT2D eigenvalue weighted by Gasteiger charge is -2.27. The number of nitrogens with one attached hydrogen (secondary N) is 1. The van der Waals surface area contributed by atoms with Crippen molar-refractivity contribution in [3.05, 3.63) is 197 Å². The molecule has 0 saturated heterocycles. The Morgan fingerprint density at radius 1 is 0.787 bits per heavy atom. The summed E-state index contributed by atoms with van der Waals surface area (Å²) in [6.45, 7) is 5.51. The van der Waals surface area contributed by atoms with Crippen LogP contribution in [0.2, 0.25) is 0 Å². The van der Waals surface area contributed by atoms with Gasteiger partial charge in [-0.3, -0.25) is 4.99 Å². The Kier molecular flexibility index (Phi) is 9.76. The van der Waals surface area contributed by atoms with Crippen molar-refractivity contribution in [1.29, 1.82) is 0 Å². The summed E-state index contributed by atoms with van der Waals surface area (Å²) >= 11 is 0. The lowest BCUT2D eigenvalue weighted by molar-refractivity contribution is 0.256. The van der Waals surface area contributed by atoms with Crippen molar-refractivity contribution < 1.29 is 4.74 Å². The second-order valence-electron chi connectivity index (χ2n) is 11.2. The number of hydrogen-bond acceptors (Lipinski definition) is 4. The highest BCUT2D eigenvalue weighted by Crippen LogP contribution is 2.34. The normalized spacial score (nSPS) is 20.9. The van der Waals surface area contributed by atoms with Gasteiger partial charge in [-0.15, -0.1) is 12.8 Å². The van der Waals surface area contributed by atoms with Gasteiger partial charge in [0.15, 0.2) is 0 Å². The van der Waals surface area contributed by atoms with Gasteiger partial charge in [0.25, 0.3) is 0 Å². The summed E-state index contributed by atoms with van der Waals surface area (Å²) in [4.78, 5) is 7.44. The average molecular weight is 612 g/mol. The number of allylic oxidation sites excluding steroid dienone is 5. The molecule has 4 nitrogen and oxygen atoms in total. The minimum absolute atomic E-state index is 0.0805. The van der Waals surface area contributed by atoms with Crippen LogP contribution in [-0.4, -0.2) is 19.0 Å². The van der Waals surface area contributed by atoms with Gasteiger partial charge in [0.05, 0.1) is 6.04 Å². The largest absolute Gasteiger partial charge is 0.489 e. The van der Waals surface area contributed by atoms with Gasteiger partial charge in [0, 0.05) is 34.8 Å². The molecule has 1 atom stereocenters. The minimum Gasteiger partial charge on any atom is -0.489 e. The van der Waals surface area contributed by atoms with Crippen LogP contribution in [0.5, 0.6) is 0 Å². The Hall–Kier alpha value is -6.05. The van der Waals surface area contributed by atoms with Crippen molar-refractivity contribution in [1.82, 2.24) is 5.32 Å². The summed E-state index contributed by atoms with van der Waals surface area (Å²) in [5.41, 5.74) is 9.92. The zero-order chi connectivity index (χ0) is 32.4. The topological polar surface area (TPSA) is 36.9 Å². The number of anilines is 2. The number of aliphatic imine (C=N–C) groups is 1. The Morgan fingerprint density at radius 3 is 2.30 bits per heavy atom. The lowest BCUT2D eigenvalue weighted by Crippen LogP contribution is -2.27. The fourth-order valence-corrected chi connectivity index (χ4v) is 5.93. The molecular weight excluding hydrogens is 574 g/mol. The second-order valence-corrected chi connectivity index (χ2v) is 11.2. The quantitative estimate of drug-likeness (QED) is 0.234. The molecule has 1 unspecified atom stereocenters. The van der Waals surface area contributed by atoms with Crippen LogP contribution in [-0.2, 0) is 11.2 Å². The molecule has 0 aliphatic carbocycles. The van der Waals surface area contributed by atoms with Crippen LogP contribution in [0.15, 0.2) is 180 Å². The number of benzene rings is 4. The summed E-state index contributed by atoms with van der Waals surface area (Å²) < 4.78 is 6.25. The van der Waals surface area contributed by atoms with E-state index >= 15 is 0 Å². The van der Waals surface area contributed by atoms with Crippen LogP contribution in [0.1, 0.15) is 28.3 Å². The highest BCUT2D eigenvalue weighted by molar-refractivity contribution is 6.04. The molecule has 0 radical (unpaired) electrons. The number of para-hydroxylation sites is 1. The standard InChI is InChI=1S/C41H35N3O.C2H2/c1-30-13-5-4-12-28-45-40-26-27-44(39-19-11-10-16-33(39)22-25-36(30)40)35-23-20-32(21-24-35)38-29-37(31-14-6-2-7-15-31)42-41(43-38)34-17-8-3-9-18-34;1-2/h2-21,23-26,29,37H,1,22,27-28H2,(H,42,43);1-2H/b12-4-,13-5-,36-25-,40-26+;. The molecule has 230 valence electrons. The molecule has 0 amide bonds. The third-order valence-electron chi connectivity index (χ3n) is 8.28. The molecule has 0 spiro atoms. The Morgan fingerprint density at radius 2 is 1.51 bits per heavy atom. The maximum atomic E-state index is 6.25. The van der Waals surface area contributed by atoms with Crippen molar-refractivity contribution in [2.45, 2.75) is 12.5 Å². The number of fused-ring (bicyclic) bond motifs is 2. The van der Waals surface area contributed by atoms with Crippen LogP contribution in [0.3, 0.4) is 0 Å². The molecule has 1 N–H and O–H groups in total. The molecule has 0 fully saturated rings. The number of hydrogen-bond donors (Lipinski definition) is 1. The van der Waals surface area contributed by atoms with Crippen LogP contribution in [0.4, 0.5) is 11.4 Å². The molecule has 0 bridgehead atoms. The van der Waals surface area contributed by atoms with E-state index in [-0.39, 0.29) is 6.04 Å². The van der Waals surface area contributed by atoms with E-state index in [0.29, 0.717) is 13.2 Å². The summed E-state index contributed by atoms with van der Waals surface area (Å²) in [6.07, 6.45) is 23.5. The summed E-state index contributed by atoms with van der Waals surface area (Å²) in [7, 11) is 0. The minimum atomic E-state index is -0.0805. The van der Waals surface area contributed by atoms with Crippen LogP contribution >= 0.6 is 0 Å². The lowest BCUT2D eigenvalue weighted by atomic mass is 10.0. The molecule has 7 rings (SSSR count). The maximum absolute atomic E-state index is 6.25. The third kappa shape index (κ3) is 7.11. The predicted octanol–water partition coefficient (Wildman–Crippen LogP) is 9.27. The van der Waals surface area contributed by atoms with E-state index in [0.717, 1.165) is 57.2 Å². The van der Waals surface area contributed by atoms with Gasteiger partial charge in [0.2, 0.25) is 0 Å². The Bertz CT molecular complexity index is 1920. The van der Waals surface area contributed by atoms with E-state index in [1.165, 1.54) is 11.3 Å². The number of ether oxygens (including phenoxy) is 1. The fraction of sp³-hybridized carbons (Fsp3) is 0.0930. The summed E-state index contributed by atoms with van der Waals surface area (Å²) in [6, 6.07) is 38.2. The zero-order valence-corrected chi connectivity index (χ0v) is 26.3. The van der Waals surface area contributed by atoms with E-state index < -0.39 is 0 Å². The summed E-state index contributed by atoms with van der Waals surface area (Å²) in [5.74, 6) is 1.73. The van der Waals surface area contributed by atoms with Crippen LogP contribution in [0, 0.1) is 12.8 Å². The first-order valence-corrected chi connectivity index (χ1v) is 15.8. The molecule has 3 aliphatic heterocycles. The average Bonchev–Trinajstić information content (AvgIpc) is 3.28. The van der Waals surface area contributed by atoms with Gasteiger partial charge in [-0.1, -0.05) is 122 Å². The van der Waals surface area contributed by atoms with Gasteiger partial charge in [-0.05, 0) is 65.1 Å². The molecule has 47 heavy (non-hydrogen) atoms. The van der Waals surface area contributed by atoms with E-state index in [1.54, 1.807) is 0 Å². The van der Waals surface area contributed by atoms with Crippen molar-refractivity contribution in [2.75, 3.05) is 18.1 Å². The van der Waals surface area contributed by atoms with Crippen molar-refractivity contribution in [2.24, 2.45) is 4.99 Å². The first-order chi connectivity index (χ1) is 23.2. The first-order valence-electron chi connectivity index (χ1n) is 15.8. The highest BCUT2D eigenvalue weighted by atomic mass is 16.5. The van der Waals surface area contributed by atoms with Crippen molar-refractivity contribution in [3.63, 3.8) is 0 Å². The number of amidine groups is 1. The molecule has 4 heteroatoms. The maximum Gasteiger partial charge on any atom is 0.133 e. The second kappa shape index (κ2) is 14.8. The van der Waals surface area contributed by atoms with Gasteiger partial charge in [0.1, 0.15) is 18.2 Å². The monoisotopic (exact) mass is 611 g/mol. The van der Waals surface area contributed by atoms with E-state index in [4.69, 9.17) is 9.73 Å². The zero-order valence-electron chi connectivity index (χ0n) is 26.3. The molecule has 3 heterocycles. The molecule has 4 aromatic rings. The number of nitrogens with zero attached hydrogens (tertiary/aromatic N) is 2. The predicted molar refractivity (Wildman–Crippen MR) is 196 cm³/mol. The number of rotatable bonds is 4.